The lowest BCUT2D eigenvalue weighted by Gasteiger charge is -2.06. The average Bonchev–Trinajstić information content (AvgIpc) is 2.72. The third kappa shape index (κ3) is 2.54. The number of nitrogens with zero attached hydrogens (tertiary/aromatic N) is 2. The molecule has 1 aromatic heterocycles. The van der Waals surface area contributed by atoms with Gasteiger partial charge in [0, 0.05) is 25.6 Å². The van der Waals surface area contributed by atoms with Crippen molar-refractivity contribution in [1.29, 1.82) is 0 Å². The minimum atomic E-state index is -0.405. The van der Waals surface area contributed by atoms with E-state index < -0.39 is 5.82 Å². The van der Waals surface area contributed by atoms with Crippen LogP contribution < -0.4 is 5.32 Å². The van der Waals surface area contributed by atoms with Crippen LogP contribution in [0.4, 0.5) is 4.39 Å². The van der Waals surface area contributed by atoms with Gasteiger partial charge in [-0.05, 0) is 25.2 Å². The molecule has 0 amide bonds. The van der Waals surface area contributed by atoms with Crippen molar-refractivity contribution in [3.63, 3.8) is 0 Å². The Morgan fingerprint density at radius 1 is 1.44 bits per heavy atom. The van der Waals surface area contributed by atoms with Crippen LogP contribution >= 0.6 is 11.6 Å². The Balaban J connectivity index is 2.33. The van der Waals surface area contributed by atoms with Crippen LogP contribution in [0.25, 0.3) is 11.3 Å². The van der Waals surface area contributed by atoms with Gasteiger partial charge in [0.05, 0.1) is 16.9 Å². The SMILES string of the molecule is CNCCc1ncc(-c2ccc(F)c(Cl)c2)n1C. The summed E-state index contributed by atoms with van der Waals surface area (Å²) < 4.78 is 15.1. The summed E-state index contributed by atoms with van der Waals surface area (Å²) in [5, 5.41) is 3.22. The molecule has 0 aliphatic rings. The Morgan fingerprint density at radius 2 is 2.22 bits per heavy atom. The number of nitrogens with one attached hydrogen (secondary N) is 1. The van der Waals surface area contributed by atoms with Gasteiger partial charge in [-0.15, -0.1) is 0 Å². The highest BCUT2D eigenvalue weighted by Crippen LogP contribution is 2.25. The summed E-state index contributed by atoms with van der Waals surface area (Å²) in [6.45, 7) is 0.870. The highest BCUT2D eigenvalue weighted by molar-refractivity contribution is 6.31. The molecular formula is C13H15ClFN3. The van der Waals surface area contributed by atoms with E-state index in [-0.39, 0.29) is 5.02 Å². The van der Waals surface area contributed by atoms with Crippen molar-refractivity contribution in [2.75, 3.05) is 13.6 Å². The first-order valence-electron chi connectivity index (χ1n) is 5.74. The molecule has 1 heterocycles. The molecule has 18 heavy (non-hydrogen) atoms. The zero-order valence-corrected chi connectivity index (χ0v) is 11.1. The lowest BCUT2D eigenvalue weighted by molar-refractivity contribution is 0.628. The largest absolute Gasteiger partial charge is 0.331 e. The molecule has 0 atom stereocenters. The van der Waals surface area contributed by atoms with Crippen LogP contribution in [0.3, 0.4) is 0 Å². The molecule has 1 aromatic carbocycles. The first-order valence-corrected chi connectivity index (χ1v) is 6.12. The molecule has 2 aromatic rings. The van der Waals surface area contributed by atoms with E-state index in [0.29, 0.717) is 0 Å². The van der Waals surface area contributed by atoms with Crippen molar-refractivity contribution in [2.45, 2.75) is 6.42 Å². The lowest BCUT2D eigenvalue weighted by Crippen LogP contribution is -2.13. The van der Waals surface area contributed by atoms with Crippen LogP contribution in [0, 0.1) is 5.82 Å². The quantitative estimate of drug-likeness (QED) is 0.923. The van der Waals surface area contributed by atoms with Crippen molar-refractivity contribution in [2.24, 2.45) is 7.05 Å². The van der Waals surface area contributed by atoms with E-state index in [1.807, 2.05) is 18.7 Å². The fourth-order valence-electron chi connectivity index (χ4n) is 1.84. The van der Waals surface area contributed by atoms with Crippen molar-refractivity contribution in [3.05, 3.63) is 41.1 Å². The van der Waals surface area contributed by atoms with Gasteiger partial charge in [0.2, 0.25) is 0 Å². The lowest BCUT2D eigenvalue weighted by atomic mass is 10.1. The molecule has 0 radical (unpaired) electrons. The molecule has 0 saturated carbocycles. The van der Waals surface area contributed by atoms with Gasteiger partial charge in [-0.3, -0.25) is 0 Å². The number of likely N-dealkylation sites (N-methyl/N-ethyl adjacent to an activating group) is 1. The smallest absolute Gasteiger partial charge is 0.141 e. The molecule has 0 bridgehead atoms. The van der Waals surface area contributed by atoms with Gasteiger partial charge in [-0.2, -0.15) is 0 Å². The molecule has 3 nitrogen and oxygen atoms in total. The summed E-state index contributed by atoms with van der Waals surface area (Å²) in [5.74, 6) is 0.581. The van der Waals surface area contributed by atoms with E-state index in [2.05, 4.69) is 10.3 Å². The van der Waals surface area contributed by atoms with Gasteiger partial charge >= 0.3 is 0 Å². The van der Waals surface area contributed by atoms with Crippen LogP contribution in [-0.2, 0) is 13.5 Å². The van der Waals surface area contributed by atoms with Gasteiger partial charge in [0.1, 0.15) is 11.6 Å². The second-order valence-corrected chi connectivity index (χ2v) is 4.51. The molecule has 0 saturated heterocycles. The van der Waals surface area contributed by atoms with Crippen LogP contribution in [0.1, 0.15) is 5.82 Å². The van der Waals surface area contributed by atoms with Crippen LogP contribution in [0.5, 0.6) is 0 Å². The average molecular weight is 268 g/mol. The van der Waals surface area contributed by atoms with Gasteiger partial charge < -0.3 is 9.88 Å². The van der Waals surface area contributed by atoms with Crippen molar-refractivity contribution in [3.8, 4) is 11.3 Å². The zero-order chi connectivity index (χ0) is 13.1. The molecule has 0 aliphatic heterocycles. The van der Waals surface area contributed by atoms with Crippen LogP contribution in [-0.4, -0.2) is 23.1 Å². The Hall–Kier alpha value is -1.39. The van der Waals surface area contributed by atoms with Crippen molar-refractivity contribution in [1.82, 2.24) is 14.9 Å². The fraction of sp³-hybridized carbons (Fsp3) is 0.308. The summed E-state index contributed by atoms with van der Waals surface area (Å²) >= 11 is 5.79. The third-order valence-electron chi connectivity index (χ3n) is 2.90. The Bertz CT molecular complexity index is 551. The first-order chi connectivity index (χ1) is 8.63. The minimum absolute atomic E-state index is 0.130. The third-order valence-corrected chi connectivity index (χ3v) is 3.19. The molecule has 0 fully saturated rings. The predicted molar refractivity (Wildman–Crippen MR) is 71.2 cm³/mol. The van der Waals surface area contributed by atoms with Gasteiger partial charge in [-0.1, -0.05) is 11.6 Å². The first kappa shape index (κ1) is 13.1. The fourth-order valence-corrected chi connectivity index (χ4v) is 2.02. The molecule has 96 valence electrons. The topological polar surface area (TPSA) is 29.9 Å². The maximum Gasteiger partial charge on any atom is 0.141 e. The number of benzene rings is 1. The van der Waals surface area contributed by atoms with Gasteiger partial charge in [0.15, 0.2) is 0 Å². The summed E-state index contributed by atoms with van der Waals surface area (Å²) in [6.07, 6.45) is 2.64. The molecule has 0 aliphatic carbocycles. The number of aromatic nitrogens is 2. The number of hydrogen-bond acceptors (Lipinski definition) is 2. The number of halogens is 2. The summed E-state index contributed by atoms with van der Waals surface area (Å²) in [4.78, 5) is 4.37. The Labute approximate surface area is 111 Å². The minimum Gasteiger partial charge on any atom is -0.331 e. The van der Waals surface area contributed by atoms with Crippen molar-refractivity contribution >= 4 is 11.6 Å². The van der Waals surface area contributed by atoms with Crippen LogP contribution in [0.15, 0.2) is 24.4 Å². The maximum atomic E-state index is 13.1. The molecule has 0 unspecified atom stereocenters. The predicted octanol–water partition coefficient (Wildman–Crippen LogP) is 2.64. The standard InChI is InChI=1S/C13H15ClFN3/c1-16-6-5-13-17-8-12(18(13)2)9-3-4-11(15)10(14)7-9/h3-4,7-8,16H,5-6H2,1-2H3. The highest BCUT2D eigenvalue weighted by atomic mass is 35.5. The van der Waals surface area contributed by atoms with Crippen molar-refractivity contribution < 1.29 is 4.39 Å². The zero-order valence-electron chi connectivity index (χ0n) is 10.4. The second kappa shape index (κ2) is 5.50. The summed E-state index contributed by atoms with van der Waals surface area (Å²) in [7, 11) is 3.86. The Morgan fingerprint density at radius 3 is 2.89 bits per heavy atom. The normalized spacial score (nSPS) is 10.9. The van der Waals surface area contributed by atoms with E-state index in [1.165, 1.54) is 6.07 Å². The monoisotopic (exact) mass is 267 g/mol. The van der Waals surface area contributed by atoms with E-state index in [4.69, 9.17) is 11.6 Å². The number of imidazole rings is 1. The van der Waals surface area contributed by atoms with Gasteiger partial charge in [-0.25, -0.2) is 9.37 Å². The molecule has 0 spiro atoms. The highest BCUT2D eigenvalue weighted by Gasteiger charge is 2.09. The maximum absolute atomic E-state index is 13.1. The summed E-state index contributed by atoms with van der Waals surface area (Å²) in [5.41, 5.74) is 1.80. The van der Waals surface area contributed by atoms with Crippen LogP contribution in [0.2, 0.25) is 5.02 Å². The second-order valence-electron chi connectivity index (χ2n) is 4.10. The van der Waals surface area contributed by atoms with E-state index in [0.717, 1.165) is 30.0 Å². The Kier molecular flexibility index (Phi) is 3.99. The summed E-state index contributed by atoms with van der Waals surface area (Å²) in [6, 6.07) is 4.70. The van der Waals surface area contributed by atoms with Gasteiger partial charge in [0.25, 0.3) is 0 Å². The van der Waals surface area contributed by atoms with E-state index in [1.54, 1.807) is 18.3 Å². The number of hydrogen-bond donors (Lipinski definition) is 1. The van der Waals surface area contributed by atoms with E-state index in [9.17, 15) is 4.39 Å². The molecule has 1 N–H and O–H groups in total. The number of rotatable bonds is 4. The van der Waals surface area contributed by atoms with E-state index >= 15 is 0 Å². The molecular weight excluding hydrogens is 253 g/mol. The molecule has 5 heteroatoms. The molecule has 2 rings (SSSR count).